The molecule has 1 aliphatic carbocycles. The summed E-state index contributed by atoms with van der Waals surface area (Å²) >= 11 is 0. The molecule has 2 aromatic rings. The summed E-state index contributed by atoms with van der Waals surface area (Å²) in [6.07, 6.45) is 3.30. The summed E-state index contributed by atoms with van der Waals surface area (Å²) in [7, 11) is 0. The van der Waals surface area contributed by atoms with Crippen LogP contribution in [0.5, 0.6) is 0 Å². The van der Waals surface area contributed by atoms with Gasteiger partial charge in [0.05, 0.1) is 11.2 Å². The zero-order valence-electron chi connectivity index (χ0n) is 17.5. The van der Waals surface area contributed by atoms with Crippen molar-refractivity contribution in [3.63, 3.8) is 0 Å². The number of fused-ring (bicyclic) bond motifs is 1. The molecule has 0 unspecified atom stereocenters. The van der Waals surface area contributed by atoms with Gasteiger partial charge in [0, 0.05) is 44.5 Å². The van der Waals surface area contributed by atoms with E-state index in [0.29, 0.717) is 31.7 Å². The molecule has 7 heteroatoms. The molecule has 31 heavy (non-hydrogen) atoms. The Hall–Kier alpha value is -3.16. The van der Waals surface area contributed by atoms with Crippen molar-refractivity contribution in [2.24, 2.45) is 5.73 Å². The van der Waals surface area contributed by atoms with Crippen molar-refractivity contribution in [3.8, 4) is 11.1 Å². The first-order chi connectivity index (χ1) is 15.0. The summed E-state index contributed by atoms with van der Waals surface area (Å²) in [6, 6.07) is 14.1. The molecule has 2 heterocycles. The van der Waals surface area contributed by atoms with E-state index < -0.39 is 5.54 Å². The van der Waals surface area contributed by atoms with E-state index in [1.807, 2.05) is 34.2 Å². The van der Waals surface area contributed by atoms with Crippen LogP contribution in [0.25, 0.3) is 11.1 Å². The minimum Gasteiger partial charge on any atom is -0.338 e. The number of hydrogen-bond acceptors (Lipinski definition) is 5. The maximum Gasteiger partial charge on any atom is 0.253 e. The molecule has 2 aliphatic heterocycles. The molecule has 1 saturated carbocycles. The first kappa shape index (κ1) is 19.8. The lowest BCUT2D eigenvalue weighted by atomic mass is 10.0. The summed E-state index contributed by atoms with van der Waals surface area (Å²) in [5, 5.41) is 1.93. The van der Waals surface area contributed by atoms with Gasteiger partial charge in [-0.2, -0.15) is 0 Å². The molecule has 160 valence electrons. The van der Waals surface area contributed by atoms with Crippen LogP contribution in [-0.4, -0.2) is 53.3 Å². The molecule has 2 fully saturated rings. The van der Waals surface area contributed by atoms with E-state index in [-0.39, 0.29) is 11.8 Å². The highest BCUT2D eigenvalue weighted by atomic mass is 16.2. The van der Waals surface area contributed by atoms with E-state index in [1.165, 1.54) is 5.56 Å². The largest absolute Gasteiger partial charge is 0.338 e. The molecule has 2 aromatic carbocycles. The van der Waals surface area contributed by atoms with Crippen LogP contribution in [-0.2, 0) is 11.3 Å². The van der Waals surface area contributed by atoms with E-state index in [4.69, 9.17) is 5.73 Å². The lowest BCUT2D eigenvalue weighted by Crippen LogP contribution is -2.55. The summed E-state index contributed by atoms with van der Waals surface area (Å²) in [5.74, 6) is 0.0343. The van der Waals surface area contributed by atoms with Gasteiger partial charge in [-0.25, -0.2) is 5.43 Å². The molecular weight excluding hydrogens is 390 g/mol. The van der Waals surface area contributed by atoms with Crippen molar-refractivity contribution in [2.75, 3.05) is 31.2 Å². The van der Waals surface area contributed by atoms with Crippen LogP contribution in [0.1, 0.15) is 28.8 Å². The van der Waals surface area contributed by atoms with Gasteiger partial charge >= 0.3 is 0 Å². The number of nitrogens with one attached hydrogen (secondary N) is 1. The van der Waals surface area contributed by atoms with Gasteiger partial charge in [-0.15, -0.1) is 0 Å². The van der Waals surface area contributed by atoms with E-state index in [2.05, 4.69) is 30.2 Å². The number of carbonyl (C=O) groups excluding carboxylic acids is 2. The third kappa shape index (κ3) is 3.60. The number of hydrogen-bond donors (Lipinski definition) is 2. The van der Waals surface area contributed by atoms with Gasteiger partial charge in [-0.1, -0.05) is 30.8 Å². The van der Waals surface area contributed by atoms with Gasteiger partial charge in [0.25, 0.3) is 5.91 Å². The molecule has 0 bridgehead atoms. The van der Waals surface area contributed by atoms with E-state index >= 15 is 0 Å². The first-order valence-electron chi connectivity index (χ1n) is 10.7. The Balaban J connectivity index is 1.25. The molecule has 1 saturated heterocycles. The topological polar surface area (TPSA) is 81.9 Å². The Morgan fingerprint density at radius 2 is 1.61 bits per heavy atom. The zero-order valence-corrected chi connectivity index (χ0v) is 17.5. The zero-order chi connectivity index (χ0) is 21.6. The second kappa shape index (κ2) is 7.51. The summed E-state index contributed by atoms with van der Waals surface area (Å²) < 4.78 is 0. The van der Waals surface area contributed by atoms with Gasteiger partial charge in [0.1, 0.15) is 0 Å². The molecule has 5 rings (SSSR count). The van der Waals surface area contributed by atoms with Crippen LogP contribution in [0.3, 0.4) is 0 Å². The van der Waals surface area contributed by atoms with Gasteiger partial charge in [-0.05, 0) is 47.7 Å². The van der Waals surface area contributed by atoms with Crippen molar-refractivity contribution in [3.05, 3.63) is 66.4 Å². The number of anilines is 1. The smallest absolute Gasteiger partial charge is 0.253 e. The second-order valence-corrected chi connectivity index (χ2v) is 8.55. The quantitative estimate of drug-likeness (QED) is 0.796. The van der Waals surface area contributed by atoms with E-state index in [0.717, 1.165) is 36.2 Å². The molecule has 0 spiro atoms. The number of nitrogens with two attached hydrogens (primary N) is 1. The highest BCUT2D eigenvalue weighted by Gasteiger charge is 2.48. The Bertz CT molecular complexity index is 1040. The fraction of sp³-hybridized carbons (Fsp3) is 0.333. The molecule has 3 aliphatic rings. The Labute approximate surface area is 182 Å². The van der Waals surface area contributed by atoms with Gasteiger partial charge in [-0.3, -0.25) is 14.6 Å². The van der Waals surface area contributed by atoms with Crippen LogP contribution < -0.4 is 16.2 Å². The molecular formula is C24H27N5O2. The van der Waals surface area contributed by atoms with Crippen molar-refractivity contribution in [2.45, 2.75) is 24.9 Å². The Morgan fingerprint density at radius 3 is 2.26 bits per heavy atom. The summed E-state index contributed by atoms with van der Waals surface area (Å²) in [6.45, 7) is 6.80. The fourth-order valence-corrected chi connectivity index (χ4v) is 4.30. The fourth-order valence-electron chi connectivity index (χ4n) is 4.30. The summed E-state index contributed by atoms with van der Waals surface area (Å²) in [4.78, 5) is 29.0. The highest BCUT2D eigenvalue weighted by Crippen LogP contribution is 2.34. The monoisotopic (exact) mass is 417 g/mol. The number of benzene rings is 2. The Morgan fingerprint density at radius 1 is 0.968 bits per heavy atom. The van der Waals surface area contributed by atoms with Gasteiger partial charge < -0.3 is 15.5 Å². The SMILES string of the molecule is C=CN1NCc2ccc(-c3ccc(C(=O)N4CCN(C(=O)C5(N)CC5)CC4)cc3)cc21. The number of piperazine rings is 1. The maximum absolute atomic E-state index is 12.9. The molecule has 3 N–H and O–H groups in total. The Kier molecular flexibility index (Phi) is 4.79. The molecule has 7 nitrogen and oxygen atoms in total. The van der Waals surface area contributed by atoms with Crippen LogP contribution >= 0.6 is 0 Å². The van der Waals surface area contributed by atoms with Crippen molar-refractivity contribution in [1.82, 2.24) is 15.2 Å². The van der Waals surface area contributed by atoms with Crippen molar-refractivity contribution >= 4 is 17.5 Å². The van der Waals surface area contributed by atoms with Crippen molar-refractivity contribution in [1.29, 1.82) is 0 Å². The number of rotatable bonds is 4. The molecule has 2 amide bonds. The molecule has 0 aromatic heterocycles. The number of nitrogens with zero attached hydrogens (tertiary/aromatic N) is 3. The molecule has 0 radical (unpaired) electrons. The number of hydrazine groups is 1. The van der Waals surface area contributed by atoms with Crippen LogP contribution in [0.2, 0.25) is 0 Å². The third-order valence-electron chi connectivity index (χ3n) is 6.50. The van der Waals surface area contributed by atoms with E-state index in [1.54, 1.807) is 11.1 Å². The van der Waals surface area contributed by atoms with Crippen LogP contribution in [0, 0.1) is 0 Å². The third-order valence-corrected chi connectivity index (χ3v) is 6.50. The number of amides is 2. The maximum atomic E-state index is 12.9. The minimum absolute atomic E-state index is 0.00326. The van der Waals surface area contributed by atoms with Crippen LogP contribution in [0.15, 0.2) is 55.2 Å². The lowest BCUT2D eigenvalue weighted by Gasteiger charge is -2.36. The van der Waals surface area contributed by atoms with Crippen LogP contribution in [0.4, 0.5) is 5.69 Å². The minimum atomic E-state index is -0.641. The predicted octanol–water partition coefficient (Wildman–Crippen LogP) is 2.10. The highest BCUT2D eigenvalue weighted by molar-refractivity contribution is 5.95. The van der Waals surface area contributed by atoms with Gasteiger partial charge in [0.15, 0.2) is 0 Å². The van der Waals surface area contributed by atoms with Crippen molar-refractivity contribution < 1.29 is 9.59 Å². The average molecular weight is 418 g/mol. The number of carbonyl (C=O) groups is 2. The molecule has 0 atom stereocenters. The predicted molar refractivity (Wildman–Crippen MR) is 120 cm³/mol. The van der Waals surface area contributed by atoms with Gasteiger partial charge in [0.2, 0.25) is 5.91 Å². The average Bonchev–Trinajstić information content (AvgIpc) is 3.44. The summed E-state index contributed by atoms with van der Waals surface area (Å²) in [5.41, 5.74) is 13.8. The lowest BCUT2D eigenvalue weighted by molar-refractivity contribution is -0.135. The standard InChI is InChI=1S/C24H27N5O2/c1-2-29-21-15-19(7-8-20(21)16-26-29)17-3-5-18(6-4-17)22(30)27-11-13-28(14-12-27)23(31)24(25)9-10-24/h2-8,15,26H,1,9-14,16,25H2. The normalized spacial score (nSPS) is 19.2. The van der Waals surface area contributed by atoms with E-state index in [9.17, 15) is 9.59 Å². The first-order valence-corrected chi connectivity index (χ1v) is 10.7. The second-order valence-electron chi connectivity index (χ2n) is 8.55.